The fourth-order valence-corrected chi connectivity index (χ4v) is 5.16. The number of amides is 2. The molecule has 0 radical (unpaired) electrons. The van der Waals surface area contributed by atoms with Crippen LogP contribution in [0.3, 0.4) is 0 Å². The number of esters is 1. The number of carbonyl (C=O) groups excluding carboxylic acids is 8. The molecule has 0 spiro atoms. The van der Waals surface area contributed by atoms with Crippen molar-refractivity contribution in [2.24, 2.45) is 0 Å². The zero-order chi connectivity index (χ0) is 37.1. The second-order valence-electron chi connectivity index (χ2n) is 11.4. The molecule has 0 saturated carbocycles. The molecule has 51 heavy (non-hydrogen) atoms. The van der Waals surface area contributed by atoms with Gasteiger partial charge in [-0.2, -0.15) is 0 Å². The summed E-state index contributed by atoms with van der Waals surface area (Å²) in [6.07, 6.45) is -0.128. The number of ether oxygens (including phenoxy) is 1. The largest absolute Gasteiger partial charge is 0.451 e. The first-order valence-electron chi connectivity index (χ1n) is 15.6. The topological polar surface area (TPSA) is 158 Å². The van der Waals surface area contributed by atoms with E-state index in [9.17, 15) is 38.4 Å². The third-order valence-corrected chi connectivity index (χ3v) is 7.82. The number of rotatable bonds is 12. The van der Waals surface area contributed by atoms with Crippen LogP contribution in [-0.4, -0.2) is 56.6 Å². The summed E-state index contributed by atoms with van der Waals surface area (Å²) < 4.78 is 5.24. The number of carbonyl (C=O) groups is 8. The highest BCUT2D eigenvalue weighted by Gasteiger charge is 2.33. The Morgan fingerprint density at radius 2 is 0.843 bits per heavy atom. The van der Waals surface area contributed by atoms with E-state index in [4.69, 9.17) is 9.57 Å². The molecule has 4 aromatic carbocycles. The van der Waals surface area contributed by atoms with E-state index in [1.54, 1.807) is 60.7 Å². The van der Waals surface area contributed by atoms with Crippen LogP contribution in [-0.2, 0) is 28.8 Å². The van der Waals surface area contributed by atoms with Gasteiger partial charge in [0.05, 0.1) is 24.0 Å². The van der Waals surface area contributed by atoms with Gasteiger partial charge in [0, 0.05) is 24.0 Å². The molecule has 1 aliphatic heterocycles. The van der Waals surface area contributed by atoms with Crippen LogP contribution in [0.1, 0.15) is 81.0 Å². The number of ketones is 4. The van der Waals surface area contributed by atoms with Crippen LogP contribution < -0.4 is 0 Å². The summed E-state index contributed by atoms with van der Waals surface area (Å²) in [5, 5.41) is 0.507. The average Bonchev–Trinajstić information content (AvgIpc) is 3.44. The van der Waals surface area contributed by atoms with Gasteiger partial charge >= 0.3 is 11.9 Å². The Labute approximate surface area is 307 Å². The molecule has 11 nitrogen and oxygen atoms in total. The SMILES string of the molecule is CC(=O)CC(=O)c1ccc(-c2ccc(C(=O)OCI)cc2)cc1.CC(=O)CC(=O)c1ccc(-c2ccc(C(=O)ON3C(=O)CCC3=O)cc2)cc1. The lowest BCUT2D eigenvalue weighted by Crippen LogP contribution is -2.32. The van der Waals surface area contributed by atoms with Crippen LogP contribution in [0.25, 0.3) is 22.3 Å². The highest BCUT2D eigenvalue weighted by atomic mass is 127. The lowest BCUT2D eigenvalue weighted by atomic mass is 10.00. The van der Waals surface area contributed by atoms with E-state index in [1.165, 1.54) is 26.0 Å². The highest BCUT2D eigenvalue weighted by Crippen LogP contribution is 2.23. The molecule has 0 N–H and O–H groups in total. The van der Waals surface area contributed by atoms with Gasteiger partial charge in [0.15, 0.2) is 11.6 Å². The maximum atomic E-state index is 12.1. The number of nitrogens with zero attached hydrogens (tertiary/aromatic N) is 1. The molecular weight excluding hydrogens is 769 g/mol. The third kappa shape index (κ3) is 10.7. The number of halogens is 1. The molecule has 0 aliphatic carbocycles. The van der Waals surface area contributed by atoms with Gasteiger partial charge in [-0.1, -0.05) is 72.8 Å². The summed E-state index contributed by atoms with van der Waals surface area (Å²) in [6.45, 7) is 2.77. The molecule has 260 valence electrons. The van der Waals surface area contributed by atoms with Crippen molar-refractivity contribution in [3.8, 4) is 22.3 Å². The van der Waals surface area contributed by atoms with E-state index in [2.05, 4.69) is 0 Å². The van der Waals surface area contributed by atoms with Crippen molar-refractivity contribution < 1.29 is 47.9 Å². The second-order valence-corrected chi connectivity index (χ2v) is 12.0. The Morgan fingerprint density at radius 3 is 1.16 bits per heavy atom. The lowest BCUT2D eigenvalue weighted by Gasteiger charge is -2.12. The van der Waals surface area contributed by atoms with Gasteiger partial charge in [-0.25, -0.2) is 9.59 Å². The molecule has 0 aromatic heterocycles. The van der Waals surface area contributed by atoms with Gasteiger partial charge < -0.3 is 9.57 Å². The molecule has 1 aliphatic rings. The molecule has 0 unspecified atom stereocenters. The van der Waals surface area contributed by atoms with Crippen molar-refractivity contribution in [2.45, 2.75) is 39.5 Å². The van der Waals surface area contributed by atoms with Crippen molar-refractivity contribution in [3.05, 3.63) is 119 Å². The van der Waals surface area contributed by atoms with Crippen molar-refractivity contribution in [1.82, 2.24) is 5.06 Å². The normalized spacial score (nSPS) is 12.0. The van der Waals surface area contributed by atoms with E-state index in [1.807, 2.05) is 46.9 Å². The monoisotopic (exact) mass is 801 g/mol. The van der Waals surface area contributed by atoms with Crippen molar-refractivity contribution in [3.63, 3.8) is 0 Å². The zero-order valence-corrected chi connectivity index (χ0v) is 29.8. The number of hydroxylamine groups is 2. The summed E-state index contributed by atoms with van der Waals surface area (Å²) in [6, 6.07) is 27.4. The minimum absolute atomic E-state index is 0.0377. The molecule has 1 fully saturated rings. The molecule has 2 amide bonds. The maximum Gasteiger partial charge on any atom is 0.363 e. The van der Waals surface area contributed by atoms with Crippen molar-refractivity contribution in [2.75, 3.05) is 4.61 Å². The van der Waals surface area contributed by atoms with Crippen LogP contribution in [0.5, 0.6) is 0 Å². The zero-order valence-electron chi connectivity index (χ0n) is 27.7. The third-order valence-electron chi connectivity index (χ3n) is 7.51. The Bertz CT molecular complexity index is 1950. The van der Waals surface area contributed by atoms with E-state index < -0.39 is 17.8 Å². The Balaban J connectivity index is 0.000000233. The first kappa shape index (κ1) is 38.2. The van der Waals surface area contributed by atoms with E-state index in [-0.39, 0.29) is 60.3 Å². The molecule has 0 atom stereocenters. The van der Waals surface area contributed by atoms with Crippen molar-refractivity contribution in [1.29, 1.82) is 0 Å². The van der Waals surface area contributed by atoms with Crippen LogP contribution in [0.2, 0.25) is 0 Å². The smallest absolute Gasteiger partial charge is 0.363 e. The van der Waals surface area contributed by atoms with Crippen molar-refractivity contribution >= 4 is 69.5 Å². The number of Topliss-reactive ketones (excluding diaryl/α,β-unsaturated/α-hetero) is 4. The first-order valence-corrected chi connectivity index (χ1v) is 17.2. The van der Waals surface area contributed by atoms with Gasteiger partial charge in [-0.3, -0.25) is 28.8 Å². The molecule has 1 heterocycles. The summed E-state index contributed by atoms with van der Waals surface area (Å²) in [5.74, 6) is -2.95. The van der Waals surface area contributed by atoms with Crippen LogP contribution in [0, 0.1) is 0 Å². The van der Waals surface area contributed by atoms with E-state index in [0.29, 0.717) is 26.4 Å². The van der Waals surface area contributed by atoms with Gasteiger partial charge in [0.2, 0.25) is 0 Å². The first-order chi connectivity index (χ1) is 24.4. The van der Waals surface area contributed by atoms with Gasteiger partial charge in [-0.05, 0) is 83.0 Å². The molecule has 5 rings (SSSR count). The van der Waals surface area contributed by atoms with E-state index >= 15 is 0 Å². The Kier molecular flexibility index (Phi) is 13.4. The lowest BCUT2D eigenvalue weighted by molar-refractivity contribution is -0.172. The van der Waals surface area contributed by atoms with Crippen LogP contribution >= 0.6 is 22.6 Å². The predicted octanol–water partition coefficient (Wildman–Crippen LogP) is 6.80. The average molecular weight is 802 g/mol. The summed E-state index contributed by atoms with van der Waals surface area (Å²) in [5.41, 5.74) is 5.16. The standard InChI is InChI=1S/C21H17NO6.C18H15IO4/c1-13(23)12-18(24)16-6-2-14(3-7-16)15-4-8-17(9-5-15)21(27)28-22-19(25)10-11-20(22)26;1-12(20)10-17(21)15-6-2-13(3-7-15)14-4-8-16(9-5-14)18(22)23-11-19/h2-9H,10-12H2,1H3;2-9H,10-11H2,1H3. The Hall–Kier alpha value is -5.63. The minimum atomic E-state index is -0.791. The predicted molar refractivity (Wildman–Crippen MR) is 194 cm³/mol. The number of hydrogen-bond acceptors (Lipinski definition) is 10. The number of hydrogen-bond donors (Lipinski definition) is 0. The van der Waals surface area contributed by atoms with Gasteiger partial charge in [0.1, 0.15) is 16.2 Å². The maximum absolute atomic E-state index is 12.1. The van der Waals surface area contributed by atoms with E-state index in [0.717, 1.165) is 22.3 Å². The molecule has 12 heteroatoms. The quantitative estimate of drug-likeness (QED) is 0.0373. The number of alkyl halides is 1. The van der Waals surface area contributed by atoms with Gasteiger partial charge in [-0.15, -0.1) is 5.06 Å². The number of imide groups is 1. The van der Waals surface area contributed by atoms with Crippen LogP contribution in [0.4, 0.5) is 0 Å². The Morgan fingerprint density at radius 1 is 0.529 bits per heavy atom. The fourth-order valence-electron chi connectivity index (χ4n) is 4.88. The molecule has 0 bridgehead atoms. The highest BCUT2D eigenvalue weighted by molar-refractivity contribution is 14.1. The molecule has 1 saturated heterocycles. The summed E-state index contributed by atoms with van der Waals surface area (Å²) >= 11 is 1.97. The minimum Gasteiger partial charge on any atom is -0.451 e. The van der Waals surface area contributed by atoms with Crippen LogP contribution in [0.15, 0.2) is 97.1 Å². The molecule has 4 aromatic rings. The summed E-state index contributed by atoms with van der Waals surface area (Å²) in [4.78, 5) is 97.4. The fraction of sp³-hybridized carbons (Fsp3) is 0.179. The summed E-state index contributed by atoms with van der Waals surface area (Å²) in [7, 11) is 0. The molecular formula is C39H32INO10. The van der Waals surface area contributed by atoms with Gasteiger partial charge in [0.25, 0.3) is 11.8 Å². The second kappa shape index (κ2) is 17.9. The number of benzene rings is 4.